The Morgan fingerprint density at radius 2 is 2.12 bits per heavy atom. The zero-order valence-corrected chi connectivity index (χ0v) is 14.2. The summed E-state index contributed by atoms with van der Waals surface area (Å²) in [5.41, 5.74) is 0.630. The van der Waals surface area contributed by atoms with E-state index in [1.807, 2.05) is 4.90 Å². The Bertz CT molecular complexity index is 806. The summed E-state index contributed by atoms with van der Waals surface area (Å²) in [4.78, 5) is 24.0. The number of nitrogens with one attached hydrogen (secondary N) is 1. The molecule has 0 bridgehead atoms. The number of hydrogen-bond acceptors (Lipinski definition) is 4. The van der Waals surface area contributed by atoms with E-state index < -0.39 is 5.41 Å². The minimum absolute atomic E-state index is 0.0248. The second-order valence-corrected chi connectivity index (χ2v) is 6.80. The van der Waals surface area contributed by atoms with Gasteiger partial charge in [0.2, 0.25) is 5.91 Å². The van der Waals surface area contributed by atoms with E-state index in [0.29, 0.717) is 30.8 Å². The van der Waals surface area contributed by atoms with E-state index in [2.05, 4.69) is 15.3 Å². The first-order valence-corrected chi connectivity index (χ1v) is 8.71. The van der Waals surface area contributed by atoms with Crippen molar-refractivity contribution in [1.82, 2.24) is 14.9 Å². The van der Waals surface area contributed by atoms with Crippen molar-refractivity contribution in [3.63, 3.8) is 0 Å². The molecule has 1 N–H and O–H groups in total. The van der Waals surface area contributed by atoms with E-state index in [1.54, 1.807) is 37.6 Å². The molecule has 1 aliphatic carbocycles. The molecule has 25 heavy (non-hydrogen) atoms. The number of benzene rings is 1. The summed E-state index contributed by atoms with van der Waals surface area (Å²) in [6.07, 6.45) is 6.58. The van der Waals surface area contributed by atoms with Crippen LogP contribution < -0.4 is 5.32 Å². The van der Waals surface area contributed by atoms with Gasteiger partial charge in [-0.25, -0.2) is 9.37 Å². The maximum absolute atomic E-state index is 14.3. The standard InChI is InChI=1S/C19H21FN4O/c1-21-17-12-22-11-15(23-17)16-7-4-10-24(16)18(25)19(8-9-19)13-5-2-3-6-14(13)20/h2-3,5-6,11-12,16H,4,7-10H2,1H3,(H,21,23)/t16-/m0/s1. The summed E-state index contributed by atoms with van der Waals surface area (Å²) in [5, 5.41) is 2.98. The van der Waals surface area contributed by atoms with Crippen molar-refractivity contribution >= 4 is 11.7 Å². The van der Waals surface area contributed by atoms with Crippen LogP contribution in [0.5, 0.6) is 0 Å². The van der Waals surface area contributed by atoms with Crippen molar-refractivity contribution in [2.24, 2.45) is 0 Å². The normalized spacial score (nSPS) is 21.2. The number of amides is 1. The molecule has 1 saturated heterocycles. The van der Waals surface area contributed by atoms with Crippen LogP contribution >= 0.6 is 0 Å². The summed E-state index contributed by atoms with van der Waals surface area (Å²) in [7, 11) is 1.79. The molecule has 2 aromatic rings. The highest BCUT2D eigenvalue weighted by Crippen LogP contribution is 2.52. The molecular weight excluding hydrogens is 319 g/mol. The van der Waals surface area contributed by atoms with Crippen LogP contribution in [0.4, 0.5) is 10.2 Å². The molecule has 4 rings (SSSR count). The van der Waals surface area contributed by atoms with Crippen molar-refractivity contribution in [3.05, 3.63) is 53.7 Å². The van der Waals surface area contributed by atoms with E-state index in [0.717, 1.165) is 18.5 Å². The van der Waals surface area contributed by atoms with E-state index in [4.69, 9.17) is 0 Å². The van der Waals surface area contributed by atoms with Gasteiger partial charge in [-0.2, -0.15) is 0 Å². The lowest BCUT2D eigenvalue weighted by Gasteiger charge is -2.29. The number of halogens is 1. The number of rotatable bonds is 4. The Kier molecular flexibility index (Phi) is 3.90. The lowest BCUT2D eigenvalue weighted by atomic mass is 9.93. The molecule has 1 aromatic carbocycles. The highest BCUT2D eigenvalue weighted by Gasteiger charge is 2.55. The minimum atomic E-state index is -0.692. The summed E-state index contributed by atoms with van der Waals surface area (Å²) >= 11 is 0. The quantitative estimate of drug-likeness (QED) is 0.929. The predicted molar refractivity (Wildman–Crippen MR) is 92.6 cm³/mol. The topological polar surface area (TPSA) is 58.1 Å². The van der Waals surface area contributed by atoms with Gasteiger partial charge in [0.25, 0.3) is 0 Å². The molecule has 1 aliphatic heterocycles. The van der Waals surface area contributed by atoms with Crippen LogP contribution in [-0.2, 0) is 10.2 Å². The van der Waals surface area contributed by atoms with Crippen molar-refractivity contribution in [2.75, 3.05) is 18.9 Å². The van der Waals surface area contributed by atoms with Crippen LogP contribution in [0.25, 0.3) is 0 Å². The lowest BCUT2D eigenvalue weighted by molar-refractivity contribution is -0.135. The van der Waals surface area contributed by atoms with E-state index in [1.165, 1.54) is 6.07 Å². The van der Waals surface area contributed by atoms with Gasteiger partial charge >= 0.3 is 0 Å². The predicted octanol–water partition coefficient (Wildman–Crippen LogP) is 3.05. The lowest BCUT2D eigenvalue weighted by Crippen LogP contribution is -2.39. The number of hydrogen-bond donors (Lipinski definition) is 1. The first-order chi connectivity index (χ1) is 12.2. The average Bonchev–Trinajstić information content (AvgIpc) is 3.30. The Morgan fingerprint density at radius 1 is 1.32 bits per heavy atom. The third kappa shape index (κ3) is 2.65. The molecule has 1 saturated carbocycles. The first kappa shape index (κ1) is 16.0. The van der Waals surface area contributed by atoms with E-state index in [-0.39, 0.29) is 17.8 Å². The average molecular weight is 340 g/mol. The van der Waals surface area contributed by atoms with Gasteiger partial charge in [0.1, 0.15) is 11.6 Å². The van der Waals surface area contributed by atoms with Crippen LogP contribution in [0, 0.1) is 5.82 Å². The number of nitrogens with zero attached hydrogens (tertiary/aromatic N) is 3. The van der Waals surface area contributed by atoms with Gasteiger partial charge in [-0.3, -0.25) is 9.78 Å². The van der Waals surface area contributed by atoms with Gasteiger partial charge in [0.05, 0.1) is 29.5 Å². The first-order valence-electron chi connectivity index (χ1n) is 8.71. The number of carbonyl (C=O) groups is 1. The molecule has 1 amide bonds. The molecule has 0 spiro atoms. The molecule has 0 unspecified atom stereocenters. The molecule has 2 heterocycles. The highest BCUT2D eigenvalue weighted by molar-refractivity contribution is 5.91. The monoisotopic (exact) mass is 340 g/mol. The van der Waals surface area contributed by atoms with Gasteiger partial charge in [-0.15, -0.1) is 0 Å². The van der Waals surface area contributed by atoms with Gasteiger partial charge in [0.15, 0.2) is 0 Å². The third-order valence-electron chi connectivity index (χ3n) is 5.31. The molecule has 130 valence electrons. The van der Waals surface area contributed by atoms with Gasteiger partial charge in [-0.1, -0.05) is 18.2 Å². The maximum atomic E-state index is 14.3. The van der Waals surface area contributed by atoms with E-state index in [9.17, 15) is 9.18 Å². The number of aromatic nitrogens is 2. The van der Waals surface area contributed by atoms with Crippen LogP contribution in [0.3, 0.4) is 0 Å². The highest BCUT2D eigenvalue weighted by atomic mass is 19.1. The molecule has 1 atom stereocenters. The summed E-state index contributed by atoms with van der Waals surface area (Å²) in [6.45, 7) is 0.686. The molecule has 5 nitrogen and oxygen atoms in total. The van der Waals surface area contributed by atoms with Gasteiger partial charge in [0, 0.05) is 19.2 Å². The Hall–Kier alpha value is -2.50. The van der Waals surface area contributed by atoms with Crippen LogP contribution in [-0.4, -0.2) is 34.4 Å². The molecule has 2 aliphatic rings. The van der Waals surface area contributed by atoms with Crippen molar-refractivity contribution < 1.29 is 9.18 Å². The van der Waals surface area contributed by atoms with Gasteiger partial charge < -0.3 is 10.2 Å². The van der Waals surface area contributed by atoms with Crippen LogP contribution in [0.15, 0.2) is 36.7 Å². The number of carbonyl (C=O) groups excluding carboxylic acids is 1. The fraction of sp³-hybridized carbons (Fsp3) is 0.421. The zero-order valence-electron chi connectivity index (χ0n) is 14.2. The third-order valence-corrected chi connectivity index (χ3v) is 5.31. The molecule has 1 aromatic heterocycles. The van der Waals surface area contributed by atoms with Crippen molar-refractivity contribution in [3.8, 4) is 0 Å². The number of likely N-dealkylation sites (tertiary alicyclic amines) is 1. The van der Waals surface area contributed by atoms with E-state index >= 15 is 0 Å². The Balaban J connectivity index is 1.64. The van der Waals surface area contributed by atoms with Crippen LogP contribution in [0.2, 0.25) is 0 Å². The second-order valence-electron chi connectivity index (χ2n) is 6.80. The fourth-order valence-electron chi connectivity index (χ4n) is 3.83. The minimum Gasteiger partial charge on any atom is -0.372 e. The molecule has 6 heteroatoms. The van der Waals surface area contributed by atoms with Gasteiger partial charge in [-0.05, 0) is 31.7 Å². The smallest absolute Gasteiger partial charge is 0.233 e. The molecule has 0 radical (unpaired) electrons. The summed E-state index contributed by atoms with van der Waals surface area (Å²) in [6, 6.07) is 6.56. The SMILES string of the molecule is CNc1cncc([C@@H]2CCCN2C(=O)C2(c3ccccc3F)CC2)n1. The Morgan fingerprint density at radius 3 is 2.84 bits per heavy atom. The molecule has 2 fully saturated rings. The maximum Gasteiger partial charge on any atom is 0.233 e. The summed E-state index contributed by atoms with van der Waals surface area (Å²) in [5.74, 6) is 0.421. The van der Waals surface area contributed by atoms with Crippen molar-refractivity contribution in [1.29, 1.82) is 0 Å². The largest absolute Gasteiger partial charge is 0.372 e. The number of anilines is 1. The summed E-state index contributed by atoms with van der Waals surface area (Å²) < 4.78 is 14.3. The second kappa shape index (κ2) is 6.10. The Labute approximate surface area is 146 Å². The zero-order chi connectivity index (χ0) is 17.4. The van der Waals surface area contributed by atoms with Crippen molar-refractivity contribution in [2.45, 2.75) is 37.1 Å². The van der Waals surface area contributed by atoms with Crippen LogP contribution in [0.1, 0.15) is 43.0 Å². The molecular formula is C19H21FN4O. The fourth-order valence-corrected chi connectivity index (χ4v) is 3.83.